The van der Waals surface area contributed by atoms with Crippen LogP contribution in [0.5, 0.6) is 0 Å². The summed E-state index contributed by atoms with van der Waals surface area (Å²) >= 11 is 0. The van der Waals surface area contributed by atoms with Crippen molar-refractivity contribution in [2.75, 3.05) is 34.2 Å². The number of likely N-dealkylation sites (N-methyl/N-ethyl adjacent to an activating group) is 1. The van der Waals surface area contributed by atoms with Gasteiger partial charge in [-0.05, 0) is 6.54 Å². The van der Waals surface area contributed by atoms with E-state index in [0.717, 1.165) is 6.54 Å². The van der Waals surface area contributed by atoms with Gasteiger partial charge in [0.05, 0.1) is 27.7 Å². The van der Waals surface area contributed by atoms with Gasteiger partial charge in [0.1, 0.15) is 0 Å². The van der Waals surface area contributed by atoms with E-state index in [9.17, 15) is 4.79 Å². The minimum absolute atomic E-state index is 0.0272. The van der Waals surface area contributed by atoms with Crippen LogP contribution in [-0.4, -0.2) is 44.7 Å². The highest BCUT2D eigenvalue weighted by atomic mass is 16.2. The lowest BCUT2D eigenvalue weighted by atomic mass is 10.6. The lowest BCUT2D eigenvalue weighted by molar-refractivity contribution is -0.906. The highest BCUT2D eigenvalue weighted by molar-refractivity contribution is 5.76. The summed E-state index contributed by atoms with van der Waals surface area (Å²) in [6.45, 7) is 3.19. The molecular weight excluding hydrogens is 142 g/mol. The summed E-state index contributed by atoms with van der Waals surface area (Å²) in [4.78, 5) is 11.0. The van der Waals surface area contributed by atoms with Crippen molar-refractivity contribution in [3.63, 3.8) is 0 Å². The topological polar surface area (TPSA) is 41.1 Å². The summed E-state index contributed by atoms with van der Waals surface area (Å²) in [5.74, 6) is 0.0272. The van der Waals surface area contributed by atoms with Crippen LogP contribution in [0, 0.1) is 0 Å². The first-order valence-electron chi connectivity index (χ1n) is 3.79. The molecule has 0 fully saturated rings. The summed E-state index contributed by atoms with van der Waals surface area (Å²) in [5.41, 5.74) is 2.79. The molecule has 1 amide bonds. The molecule has 0 bridgehead atoms. The van der Waals surface area contributed by atoms with Gasteiger partial charge in [-0.3, -0.25) is 4.79 Å². The molecule has 0 atom stereocenters. The zero-order valence-corrected chi connectivity index (χ0v) is 7.77. The van der Waals surface area contributed by atoms with Crippen LogP contribution in [0.3, 0.4) is 0 Å². The molecule has 0 saturated carbocycles. The summed E-state index contributed by atoms with van der Waals surface area (Å²) in [6.07, 6.45) is 0. The summed E-state index contributed by atoms with van der Waals surface area (Å²) in [7, 11) is 5.72. The Balaban J connectivity index is 3.53. The van der Waals surface area contributed by atoms with E-state index >= 15 is 0 Å². The van der Waals surface area contributed by atoms with E-state index in [1.807, 2.05) is 28.1 Å². The van der Waals surface area contributed by atoms with E-state index in [1.165, 1.54) is 0 Å². The largest absolute Gasteiger partial charge is 0.309 e. The maximum absolute atomic E-state index is 11.0. The monoisotopic (exact) mass is 160 g/mol. The third-order valence-corrected chi connectivity index (χ3v) is 0.996. The number of carbonyl (C=O) groups is 1. The molecule has 66 valence electrons. The fourth-order valence-electron chi connectivity index (χ4n) is 0.652. The molecule has 0 spiro atoms. The quantitative estimate of drug-likeness (QED) is 0.423. The van der Waals surface area contributed by atoms with Gasteiger partial charge >= 0.3 is 0 Å². The molecule has 0 aliphatic rings. The Bertz CT molecular complexity index is 128. The molecule has 0 rings (SSSR count). The number of quaternary nitrogens is 1. The lowest BCUT2D eigenvalue weighted by Gasteiger charge is -2.23. The van der Waals surface area contributed by atoms with Crippen molar-refractivity contribution in [2.45, 2.75) is 6.92 Å². The normalized spacial score (nSPS) is 11.3. The number of amides is 1. The third kappa shape index (κ3) is 7.29. The molecule has 0 unspecified atom stereocenters. The number of hydrogen-bond acceptors (Lipinski definition) is 2. The molecule has 4 heteroatoms. The van der Waals surface area contributed by atoms with Gasteiger partial charge in [-0.1, -0.05) is 6.92 Å². The maximum Gasteiger partial charge on any atom is 0.278 e. The van der Waals surface area contributed by atoms with Gasteiger partial charge in [-0.15, -0.1) is 0 Å². The molecule has 0 aromatic rings. The van der Waals surface area contributed by atoms with Crippen LogP contribution in [0.1, 0.15) is 6.92 Å². The Labute approximate surface area is 68.1 Å². The third-order valence-electron chi connectivity index (χ3n) is 0.996. The van der Waals surface area contributed by atoms with Crippen molar-refractivity contribution in [1.29, 1.82) is 0 Å². The fraction of sp³-hybridized carbons (Fsp3) is 0.857. The van der Waals surface area contributed by atoms with Crippen LogP contribution in [0.15, 0.2) is 0 Å². The Morgan fingerprint density at radius 2 is 1.91 bits per heavy atom. The van der Waals surface area contributed by atoms with Crippen LogP contribution in [0.4, 0.5) is 0 Å². The molecule has 11 heavy (non-hydrogen) atoms. The van der Waals surface area contributed by atoms with E-state index in [0.29, 0.717) is 11.1 Å². The van der Waals surface area contributed by atoms with Crippen LogP contribution in [0.25, 0.3) is 0 Å². The van der Waals surface area contributed by atoms with Gasteiger partial charge in [0.2, 0.25) is 0 Å². The average molecular weight is 160 g/mol. The molecule has 0 heterocycles. The number of hydrogen-bond donors (Lipinski definition) is 2. The predicted molar refractivity (Wildman–Crippen MR) is 44.7 cm³/mol. The number of rotatable bonds is 4. The molecule has 2 N–H and O–H groups in total. The molecule has 0 aliphatic carbocycles. The number of carbonyl (C=O) groups excluding carboxylic acids is 1. The first-order valence-corrected chi connectivity index (χ1v) is 3.79. The van der Waals surface area contributed by atoms with Crippen molar-refractivity contribution in [3.8, 4) is 0 Å². The average Bonchev–Trinajstić information content (AvgIpc) is 1.79. The van der Waals surface area contributed by atoms with E-state index in [4.69, 9.17) is 0 Å². The van der Waals surface area contributed by atoms with E-state index in [2.05, 4.69) is 10.7 Å². The highest BCUT2D eigenvalue weighted by Crippen LogP contribution is 1.80. The van der Waals surface area contributed by atoms with Gasteiger partial charge < -0.3 is 5.32 Å². The Kier molecular flexibility index (Phi) is 4.07. The predicted octanol–water partition coefficient (Wildman–Crippen LogP) is -0.667. The van der Waals surface area contributed by atoms with Crippen molar-refractivity contribution in [2.24, 2.45) is 0 Å². The summed E-state index contributed by atoms with van der Waals surface area (Å²) < 4.78 is 0.463. The van der Waals surface area contributed by atoms with Crippen LogP contribution in [-0.2, 0) is 4.79 Å². The number of nitrogens with zero attached hydrogens (tertiary/aromatic N) is 1. The molecule has 4 nitrogen and oxygen atoms in total. The van der Waals surface area contributed by atoms with Crippen molar-refractivity contribution in [3.05, 3.63) is 0 Å². The van der Waals surface area contributed by atoms with E-state index < -0.39 is 0 Å². The minimum atomic E-state index is 0.0272. The van der Waals surface area contributed by atoms with Crippen LogP contribution in [0.2, 0.25) is 0 Å². The molecular formula is C7H18N3O+. The Morgan fingerprint density at radius 3 is 2.27 bits per heavy atom. The lowest BCUT2D eigenvalue weighted by Crippen LogP contribution is -2.53. The van der Waals surface area contributed by atoms with Gasteiger partial charge in [0, 0.05) is 0 Å². The Morgan fingerprint density at radius 1 is 1.36 bits per heavy atom. The molecule has 0 aliphatic heterocycles. The zero-order valence-electron chi connectivity index (χ0n) is 7.77. The van der Waals surface area contributed by atoms with Gasteiger partial charge in [0.15, 0.2) is 0 Å². The molecule has 0 saturated heterocycles. The summed E-state index contributed by atoms with van der Waals surface area (Å²) in [6, 6.07) is 0. The minimum Gasteiger partial charge on any atom is -0.309 e. The standard InChI is InChI=1S/C7H17N3O/c1-5-8-6-7(11)9-10(2,3)4/h8H,5-6H2,1-4H3/p+1. The first-order chi connectivity index (χ1) is 4.95. The van der Waals surface area contributed by atoms with Crippen molar-refractivity contribution >= 4 is 5.91 Å². The first kappa shape index (κ1) is 10.4. The highest BCUT2D eigenvalue weighted by Gasteiger charge is 2.10. The van der Waals surface area contributed by atoms with Gasteiger partial charge in [-0.25, -0.2) is 10.0 Å². The van der Waals surface area contributed by atoms with Crippen molar-refractivity contribution in [1.82, 2.24) is 10.7 Å². The van der Waals surface area contributed by atoms with Crippen LogP contribution < -0.4 is 10.7 Å². The van der Waals surface area contributed by atoms with Gasteiger partial charge in [0.25, 0.3) is 5.91 Å². The molecule has 0 aromatic carbocycles. The summed E-state index contributed by atoms with van der Waals surface area (Å²) in [5, 5.41) is 2.95. The smallest absolute Gasteiger partial charge is 0.278 e. The second kappa shape index (κ2) is 4.31. The molecule has 0 aromatic heterocycles. The van der Waals surface area contributed by atoms with E-state index in [-0.39, 0.29) is 5.91 Å². The maximum atomic E-state index is 11.0. The second-order valence-corrected chi connectivity index (χ2v) is 3.33. The SMILES string of the molecule is CCNCC(=O)N[N+](C)(C)C. The van der Waals surface area contributed by atoms with Gasteiger partial charge in [-0.2, -0.15) is 0 Å². The molecule has 0 radical (unpaired) electrons. The fourth-order valence-corrected chi connectivity index (χ4v) is 0.652. The Hall–Kier alpha value is -0.610. The zero-order chi connectivity index (χ0) is 8.91. The van der Waals surface area contributed by atoms with Crippen LogP contribution >= 0.6 is 0 Å². The second-order valence-electron chi connectivity index (χ2n) is 3.33. The van der Waals surface area contributed by atoms with Crippen molar-refractivity contribution < 1.29 is 9.39 Å². The number of nitrogens with one attached hydrogen (secondary N) is 2. The van der Waals surface area contributed by atoms with E-state index in [1.54, 1.807) is 0 Å².